The number of carbonyl (C=O) groups excluding carboxylic acids is 1. The summed E-state index contributed by atoms with van der Waals surface area (Å²) in [6, 6.07) is 3.58. The van der Waals surface area contributed by atoms with Crippen molar-refractivity contribution in [2.24, 2.45) is 0 Å². The number of rotatable bonds is 3. The summed E-state index contributed by atoms with van der Waals surface area (Å²) in [6.45, 7) is 0.469. The average molecular weight is 125 g/mol. The van der Waals surface area contributed by atoms with Gasteiger partial charge < -0.3 is 9.73 Å². The van der Waals surface area contributed by atoms with Crippen LogP contribution < -0.4 is 5.32 Å². The standard InChI is InChI=1S/C6H7NO2/c8-5-7-4-6-2-1-3-9-6/h1-3,5H,4H2,(H,7,8). The SMILES string of the molecule is O=CNCc1ccco1. The van der Waals surface area contributed by atoms with Gasteiger partial charge in [0.15, 0.2) is 0 Å². The molecule has 1 amide bonds. The minimum atomic E-state index is 0.469. The lowest BCUT2D eigenvalue weighted by atomic mass is 10.4. The molecule has 0 saturated carbocycles. The molecule has 1 aromatic heterocycles. The van der Waals surface area contributed by atoms with Gasteiger partial charge in [-0.25, -0.2) is 0 Å². The molecule has 0 unspecified atom stereocenters. The molecule has 0 radical (unpaired) electrons. The number of hydrogen-bond acceptors (Lipinski definition) is 2. The highest BCUT2D eigenvalue weighted by molar-refractivity contribution is 5.45. The van der Waals surface area contributed by atoms with Crippen LogP contribution in [0.5, 0.6) is 0 Å². The Morgan fingerprint density at radius 2 is 2.67 bits per heavy atom. The van der Waals surface area contributed by atoms with E-state index in [9.17, 15) is 4.79 Å². The number of nitrogens with one attached hydrogen (secondary N) is 1. The highest BCUT2D eigenvalue weighted by Crippen LogP contribution is 1.97. The summed E-state index contributed by atoms with van der Waals surface area (Å²) in [5.74, 6) is 0.766. The van der Waals surface area contributed by atoms with E-state index in [1.54, 1.807) is 18.4 Å². The first-order valence-electron chi connectivity index (χ1n) is 2.63. The molecule has 0 aliphatic heterocycles. The van der Waals surface area contributed by atoms with Crippen LogP contribution in [0.3, 0.4) is 0 Å². The second kappa shape index (κ2) is 2.91. The van der Waals surface area contributed by atoms with Crippen molar-refractivity contribution in [2.75, 3.05) is 0 Å². The van der Waals surface area contributed by atoms with Crippen molar-refractivity contribution in [3.05, 3.63) is 24.2 Å². The van der Waals surface area contributed by atoms with Crippen LogP contribution in [0, 0.1) is 0 Å². The first-order valence-corrected chi connectivity index (χ1v) is 2.63. The molecule has 1 heterocycles. The number of furan rings is 1. The van der Waals surface area contributed by atoms with E-state index in [1.165, 1.54) is 0 Å². The van der Waals surface area contributed by atoms with E-state index >= 15 is 0 Å². The van der Waals surface area contributed by atoms with Crippen molar-refractivity contribution in [1.29, 1.82) is 0 Å². The van der Waals surface area contributed by atoms with Crippen LogP contribution in [-0.4, -0.2) is 6.41 Å². The Morgan fingerprint density at radius 3 is 3.22 bits per heavy atom. The first kappa shape index (κ1) is 5.88. The summed E-state index contributed by atoms with van der Waals surface area (Å²) in [4.78, 5) is 9.75. The van der Waals surface area contributed by atoms with E-state index in [0.717, 1.165) is 5.76 Å². The second-order valence-corrected chi connectivity index (χ2v) is 1.58. The maximum absolute atomic E-state index is 9.75. The van der Waals surface area contributed by atoms with Crippen LogP contribution in [0.2, 0.25) is 0 Å². The Bertz CT molecular complexity index is 169. The molecule has 0 spiro atoms. The van der Waals surface area contributed by atoms with E-state index in [1.807, 2.05) is 0 Å². The number of hydrogen-bond donors (Lipinski definition) is 1. The number of carbonyl (C=O) groups is 1. The van der Waals surface area contributed by atoms with Crippen molar-refractivity contribution in [3.8, 4) is 0 Å². The van der Waals surface area contributed by atoms with Gasteiger partial charge in [-0.3, -0.25) is 4.79 Å². The van der Waals surface area contributed by atoms with E-state index < -0.39 is 0 Å². The van der Waals surface area contributed by atoms with Crippen molar-refractivity contribution in [3.63, 3.8) is 0 Å². The molecule has 3 heteroatoms. The molecule has 0 fully saturated rings. The average Bonchev–Trinajstić information content (AvgIpc) is 2.34. The van der Waals surface area contributed by atoms with Gasteiger partial charge in [-0.2, -0.15) is 0 Å². The summed E-state index contributed by atoms with van der Waals surface area (Å²) in [5.41, 5.74) is 0. The minimum absolute atomic E-state index is 0.469. The maximum atomic E-state index is 9.75. The molecule has 1 N–H and O–H groups in total. The Kier molecular flexibility index (Phi) is 1.90. The molecule has 0 bridgehead atoms. The summed E-state index contributed by atoms with van der Waals surface area (Å²) >= 11 is 0. The molecule has 0 aliphatic carbocycles. The fourth-order valence-corrected chi connectivity index (χ4v) is 0.555. The smallest absolute Gasteiger partial charge is 0.207 e. The zero-order valence-corrected chi connectivity index (χ0v) is 4.83. The third-order valence-corrected chi connectivity index (χ3v) is 0.940. The maximum Gasteiger partial charge on any atom is 0.207 e. The monoisotopic (exact) mass is 125 g/mol. The molecule has 0 saturated heterocycles. The molecule has 3 nitrogen and oxygen atoms in total. The van der Waals surface area contributed by atoms with E-state index in [0.29, 0.717) is 13.0 Å². The zero-order chi connectivity index (χ0) is 6.53. The Balaban J connectivity index is 2.38. The fourth-order valence-electron chi connectivity index (χ4n) is 0.555. The van der Waals surface area contributed by atoms with Crippen LogP contribution in [0.4, 0.5) is 0 Å². The summed E-state index contributed by atoms with van der Waals surface area (Å²) < 4.78 is 4.91. The van der Waals surface area contributed by atoms with E-state index in [2.05, 4.69) is 5.32 Å². The van der Waals surface area contributed by atoms with Gasteiger partial charge in [-0.15, -0.1) is 0 Å². The summed E-state index contributed by atoms with van der Waals surface area (Å²) in [5, 5.41) is 2.48. The van der Waals surface area contributed by atoms with Crippen molar-refractivity contribution in [1.82, 2.24) is 5.32 Å². The third kappa shape index (κ3) is 1.60. The highest BCUT2D eigenvalue weighted by Gasteiger charge is 1.89. The predicted molar refractivity (Wildman–Crippen MR) is 31.6 cm³/mol. The van der Waals surface area contributed by atoms with Gasteiger partial charge in [0.25, 0.3) is 0 Å². The zero-order valence-electron chi connectivity index (χ0n) is 4.83. The molecule has 48 valence electrons. The second-order valence-electron chi connectivity index (χ2n) is 1.58. The molecule has 1 rings (SSSR count). The van der Waals surface area contributed by atoms with Crippen LogP contribution >= 0.6 is 0 Å². The molecular formula is C6H7NO2. The highest BCUT2D eigenvalue weighted by atomic mass is 16.3. The Morgan fingerprint density at radius 1 is 1.78 bits per heavy atom. The Labute approximate surface area is 52.7 Å². The van der Waals surface area contributed by atoms with E-state index in [-0.39, 0.29) is 0 Å². The van der Waals surface area contributed by atoms with Gasteiger partial charge in [0.2, 0.25) is 6.41 Å². The minimum Gasteiger partial charge on any atom is -0.467 e. The quantitative estimate of drug-likeness (QED) is 0.598. The van der Waals surface area contributed by atoms with Crippen LogP contribution in [0.1, 0.15) is 5.76 Å². The molecular weight excluding hydrogens is 118 g/mol. The first-order chi connectivity index (χ1) is 4.43. The molecule has 1 aromatic rings. The van der Waals surface area contributed by atoms with Gasteiger partial charge in [-0.1, -0.05) is 0 Å². The molecule has 0 atom stereocenters. The lowest BCUT2D eigenvalue weighted by Gasteiger charge is -1.90. The third-order valence-electron chi connectivity index (χ3n) is 0.940. The van der Waals surface area contributed by atoms with Crippen molar-refractivity contribution in [2.45, 2.75) is 6.54 Å². The van der Waals surface area contributed by atoms with Gasteiger partial charge in [0, 0.05) is 0 Å². The predicted octanol–water partition coefficient (Wildman–Crippen LogP) is 0.526. The van der Waals surface area contributed by atoms with Crippen LogP contribution in [0.25, 0.3) is 0 Å². The summed E-state index contributed by atoms with van der Waals surface area (Å²) in [6.07, 6.45) is 2.21. The largest absolute Gasteiger partial charge is 0.467 e. The van der Waals surface area contributed by atoms with Gasteiger partial charge in [0.05, 0.1) is 12.8 Å². The van der Waals surface area contributed by atoms with Crippen molar-refractivity contribution >= 4 is 6.41 Å². The topological polar surface area (TPSA) is 42.2 Å². The molecule has 0 aromatic carbocycles. The molecule has 0 aliphatic rings. The van der Waals surface area contributed by atoms with Crippen LogP contribution in [-0.2, 0) is 11.3 Å². The Hall–Kier alpha value is -1.25. The summed E-state index contributed by atoms with van der Waals surface area (Å²) in [7, 11) is 0. The van der Waals surface area contributed by atoms with Gasteiger partial charge in [-0.05, 0) is 12.1 Å². The fraction of sp³-hybridized carbons (Fsp3) is 0.167. The van der Waals surface area contributed by atoms with Crippen molar-refractivity contribution < 1.29 is 9.21 Å². The lowest BCUT2D eigenvalue weighted by Crippen LogP contribution is -2.08. The number of amides is 1. The van der Waals surface area contributed by atoms with Gasteiger partial charge >= 0.3 is 0 Å². The van der Waals surface area contributed by atoms with E-state index in [4.69, 9.17) is 4.42 Å². The molecule has 9 heavy (non-hydrogen) atoms. The normalized spacial score (nSPS) is 8.89. The van der Waals surface area contributed by atoms with Gasteiger partial charge in [0.1, 0.15) is 5.76 Å². The lowest BCUT2D eigenvalue weighted by molar-refractivity contribution is -0.109. The van der Waals surface area contributed by atoms with Crippen LogP contribution in [0.15, 0.2) is 22.8 Å².